The van der Waals surface area contributed by atoms with Crippen LogP contribution in [0.3, 0.4) is 0 Å². The molecule has 0 amide bonds. The normalized spacial score (nSPS) is 11.4. The van der Waals surface area contributed by atoms with E-state index in [9.17, 15) is 4.79 Å². The number of aldehydes is 1. The van der Waals surface area contributed by atoms with Crippen LogP contribution < -0.4 is 0 Å². The van der Waals surface area contributed by atoms with Crippen LogP contribution in [0.25, 0.3) is 0 Å². The molecule has 0 N–H and O–H groups in total. The highest BCUT2D eigenvalue weighted by molar-refractivity contribution is 6.32. The van der Waals surface area contributed by atoms with E-state index < -0.39 is 0 Å². The van der Waals surface area contributed by atoms with Gasteiger partial charge in [0.15, 0.2) is 6.29 Å². The molecule has 0 aliphatic heterocycles. The van der Waals surface area contributed by atoms with Crippen molar-refractivity contribution >= 4 is 17.9 Å². The van der Waals surface area contributed by atoms with Crippen molar-refractivity contribution in [3.63, 3.8) is 0 Å². The van der Waals surface area contributed by atoms with Crippen molar-refractivity contribution in [1.82, 2.24) is 0 Å². The van der Waals surface area contributed by atoms with Gasteiger partial charge in [-0.2, -0.15) is 0 Å². The Kier molecular flexibility index (Phi) is 2.77. The molecule has 0 saturated heterocycles. The maximum Gasteiger partial charge on any atom is 0.151 e. The Labute approximate surface area is 83.7 Å². The fraction of sp³-hybridized carbons (Fsp3) is 0.364. The van der Waals surface area contributed by atoms with E-state index in [-0.39, 0.29) is 5.41 Å². The highest BCUT2D eigenvalue weighted by Gasteiger charge is 2.14. The third-order valence-corrected chi connectivity index (χ3v) is 2.33. The van der Waals surface area contributed by atoms with Crippen LogP contribution in [-0.2, 0) is 5.41 Å². The van der Waals surface area contributed by atoms with Crippen molar-refractivity contribution in [3.05, 3.63) is 34.3 Å². The molecule has 1 aromatic rings. The zero-order chi connectivity index (χ0) is 10.1. The highest BCUT2D eigenvalue weighted by Crippen LogP contribution is 2.25. The average Bonchev–Trinajstić information content (AvgIpc) is 2.03. The summed E-state index contributed by atoms with van der Waals surface area (Å²) in [5.74, 6) is 0. The Morgan fingerprint density at radius 3 is 2.38 bits per heavy atom. The Morgan fingerprint density at radius 1 is 1.31 bits per heavy atom. The van der Waals surface area contributed by atoms with Gasteiger partial charge in [0, 0.05) is 5.56 Å². The van der Waals surface area contributed by atoms with Gasteiger partial charge in [-0.3, -0.25) is 4.79 Å². The minimum Gasteiger partial charge on any atom is -0.298 e. The van der Waals surface area contributed by atoms with E-state index in [1.54, 1.807) is 6.07 Å². The predicted octanol–water partition coefficient (Wildman–Crippen LogP) is 3.45. The maximum absolute atomic E-state index is 10.6. The van der Waals surface area contributed by atoms with Gasteiger partial charge >= 0.3 is 0 Å². The number of benzene rings is 1. The second kappa shape index (κ2) is 3.51. The van der Waals surface area contributed by atoms with Crippen LogP contribution in [-0.4, -0.2) is 6.29 Å². The average molecular weight is 197 g/mol. The third-order valence-electron chi connectivity index (χ3n) is 1.99. The van der Waals surface area contributed by atoms with E-state index in [4.69, 9.17) is 11.6 Å². The molecule has 0 atom stereocenters. The summed E-state index contributed by atoms with van der Waals surface area (Å²) >= 11 is 5.82. The van der Waals surface area contributed by atoms with Crippen LogP contribution in [0.2, 0.25) is 5.02 Å². The molecule has 0 fully saturated rings. The molecule has 0 spiro atoms. The van der Waals surface area contributed by atoms with E-state index in [0.717, 1.165) is 11.8 Å². The van der Waals surface area contributed by atoms with Gasteiger partial charge in [0.05, 0.1) is 5.02 Å². The lowest BCUT2D eigenvalue weighted by Gasteiger charge is -2.19. The molecular weight excluding hydrogens is 184 g/mol. The first-order valence-electron chi connectivity index (χ1n) is 4.20. The molecule has 2 heteroatoms. The monoisotopic (exact) mass is 196 g/mol. The molecule has 1 nitrogen and oxygen atoms in total. The van der Waals surface area contributed by atoms with Gasteiger partial charge in [0.25, 0.3) is 0 Å². The number of carbonyl (C=O) groups is 1. The summed E-state index contributed by atoms with van der Waals surface area (Å²) in [6.07, 6.45) is 0.789. The number of rotatable bonds is 1. The molecule has 0 unspecified atom stereocenters. The molecule has 70 valence electrons. The lowest BCUT2D eigenvalue weighted by molar-refractivity contribution is 0.112. The van der Waals surface area contributed by atoms with Crippen molar-refractivity contribution in [2.75, 3.05) is 0 Å². The summed E-state index contributed by atoms with van der Waals surface area (Å²) < 4.78 is 0. The first kappa shape index (κ1) is 10.3. The van der Waals surface area contributed by atoms with Gasteiger partial charge in [0.1, 0.15) is 0 Å². The Morgan fingerprint density at radius 2 is 1.92 bits per heavy atom. The van der Waals surface area contributed by atoms with Crippen LogP contribution in [0.15, 0.2) is 18.2 Å². The smallest absolute Gasteiger partial charge is 0.151 e. The van der Waals surface area contributed by atoms with E-state index in [1.807, 2.05) is 12.1 Å². The zero-order valence-corrected chi connectivity index (χ0v) is 8.85. The molecule has 0 radical (unpaired) electrons. The summed E-state index contributed by atoms with van der Waals surface area (Å²) in [5, 5.41) is 0.517. The molecule has 0 aliphatic rings. The topological polar surface area (TPSA) is 17.1 Å². The van der Waals surface area contributed by atoms with E-state index >= 15 is 0 Å². The van der Waals surface area contributed by atoms with Crippen molar-refractivity contribution in [3.8, 4) is 0 Å². The first-order chi connectivity index (χ1) is 5.95. The van der Waals surface area contributed by atoms with Crippen LogP contribution >= 0.6 is 11.6 Å². The third kappa shape index (κ3) is 2.31. The first-order valence-corrected chi connectivity index (χ1v) is 4.58. The predicted molar refractivity (Wildman–Crippen MR) is 55.5 cm³/mol. The molecule has 0 heterocycles. The summed E-state index contributed by atoms with van der Waals surface area (Å²) in [4.78, 5) is 10.6. The standard InChI is InChI=1S/C11H13ClO/c1-11(2,3)9-4-5-10(12)8(6-9)7-13/h4-7H,1-3H3. The molecule has 0 saturated carbocycles. The molecular formula is C11H13ClO. The molecule has 0 aliphatic carbocycles. The SMILES string of the molecule is CC(C)(C)c1ccc(Cl)c(C=O)c1. The van der Waals surface area contributed by atoms with E-state index in [2.05, 4.69) is 20.8 Å². The summed E-state index contributed by atoms with van der Waals surface area (Å²) in [6, 6.07) is 5.57. The largest absolute Gasteiger partial charge is 0.298 e. The molecule has 0 bridgehead atoms. The lowest BCUT2D eigenvalue weighted by atomic mass is 9.86. The summed E-state index contributed by atoms with van der Waals surface area (Å²) in [7, 11) is 0. The fourth-order valence-electron chi connectivity index (χ4n) is 1.10. The second-order valence-corrected chi connectivity index (χ2v) is 4.51. The fourth-order valence-corrected chi connectivity index (χ4v) is 1.26. The number of halogens is 1. The van der Waals surface area contributed by atoms with Gasteiger partial charge in [0.2, 0.25) is 0 Å². The number of hydrogen-bond acceptors (Lipinski definition) is 1. The Balaban J connectivity index is 3.21. The zero-order valence-electron chi connectivity index (χ0n) is 8.10. The number of hydrogen-bond donors (Lipinski definition) is 0. The molecule has 0 aromatic heterocycles. The molecule has 1 rings (SSSR count). The summed E-state index contributed by atoms with van der Waals surface area (Å²) in [6.45, 7) is 6.31. The maximum atomic E-state index is 10.6. The van der Waals surface area contributed by atoms with Crippen molar-refractivity contribution < 1.29 is 4.79 Å². The van der Waals surface area contributed by atoms with Gasteiger partial charge in [-0.25, -0.2) is 0 Å². The minimum atomic E-state index is 0.0579. The van der Waals surface area contributed by atoms with Gasteiger partial charge in [-0.1, -0.05) is 38.4 Å². The van der Waals surface area contributed by atoms with E-state index in [0.29, 0.717) is 10.6 Å². The van der Waals surface area contributed by atoms with Gasteiger partial charge in [-0.15, -0.1) is 0 Å². The highest BCUT2D eigenvalue weighted by atomic mass is 35.5. The van der Waals surface area contributed by atoms with Crippen molar-refractivity contribution in [1.29, 1.82) is 0 Å². The van der Waals surface area contributed by atoms with E-state index in [1.165, 1.54) is 0 Å². The molecule has 13 heavy (non-hydrogen) atoms. The summed E-state index contributed by atoms with van der Waals surface area (Å²) in [5.41, 5.74) is 1.75. The quantitative estimate of drug-likeness (QED) is 0.629. The number of carbonyl (C=O) groups excluding carboxylic acids is 1. The van der Waals surface area contributed by atoms with Crippen LogP contribution in [0.1, 0.15) is 36.7 Å². The van der Waals surface area contributed by atoms with Crippen LogP contribution in [0.4, 0.5) is 0 Å². The van der Waals surface area contributed by atoms with Crippen molar-refractivity contribution in [2.45, 2.75) is 26.2 Å². The van der Waals surface area contributed by atoms with Gasteiger partial charge < -0.3 is 0 Å². The Hall–Kier alpha value is -0.820. The second-order valence-electron chi connectivity index (χ2n) is 4.10. The van der Waals surface area contributed by atoms with Crippen LogP contribution in [0.5, 0.6) is 0 Å². The van der Waals surface area contributed by atoms with Crippen molar-refractivity contribution in [2.24, 2.45) is 0 Å². The lowest BCUT2D eigenvalue weighted by Crippen LogP contribution is -2.11. The van der Waals surface area contributed by atoms with Gasteiger partial charge in [-0.05, 0) is 23.1 Å². The van der Waals surface area contributed by atoms with Crippen LogP contribution in [0, 0.1) is 0 Å². The minimum absolute atomic E-state index is 0.0579. The molecule has 1 aromatic carbocycles. The Bertz CT molecular complexity index is 323.